The molecule has 0 radical (unpaired) electrons. The second kappa shape index (κ2) is 16.5. The van der Waals surface area contributed by atoms with Crippen LogP contribution in [0.1, 0.15) is 77.6 Å². The summed E-state index contributed by atoms with van der Waals surface area (Å²) in [5, 5.41) is 10.1. The average molecular weight is 346 g/mol. The number of rotatable bonds is 11. The van der Waals surface area contributed by atoms with Crippen molar-refractivity contribution in [3.8, 4) is 0 Å². The molecule has 0 heterocycles. The number of carboxylic acids is 1. The number of carboxylic acid groups (broad SMARTS) is 1. The van der Waals surface area contributed by atoms with Gasteiger partial charge in [0.15, 0.2) is 0 Å². The Morgan fingerprint density at radius 3 is 1.56 bits per heavy atom. The molecule has 0 saturated carbocycles. The van der Waals surface area contributed by atoms with Crippen molar-refractivity contribution in [3.05, 3.63) is 0 Å². The normalized spacial score (nSPS) is 9.81. The molecule has 0 N–H and O–H groups in total. The standard InChI is InChI=1S/C13H26O2.Cs/c1-2-3-4-5-6-7-8-9-10-11-12-13(14)15;/h2-12H2,1H3,(H,14,15);/q;+1/p-1. The molecule has 0 saturated heterocycles. The largest absolute Gasteiger partial charge is 1.00 e. The van der Waals surface area contributed by atoms with E-state index in [2.05, 4.69) is 6.92 Å². The van der Waals surface area contributed by atoms with Crippen molar-refractivity contribution in [1.82, 2.24) is 0 Å². The Morgan fingerprint density at radius 1 is 0.812 bits per heavy atom. The third-order valence-electron chi connectivity index (χ3n) is 2.73. The molecule has 0 aromatic heterocycles. The van der Waals surface area contributed by atoms with Crippen LogP contribution in [0.2, 0.25) is 0 Å². The SMILES string of the molecule is CCCCCCCCCCCCC(=O)[O-].[Cs+]. The zero-order valence-corrected chi connectivity index (χ0v) is 17.4. The smallest absolute Gasteiger partial charge is 0.550 e. The molecule has 0 unspecified atom stereocenters. The molecule has 0 bridgehead atoms. The van der Waals surface area contributed by atoms with Crippen molar-refractivity contribution >= 4 is 5.97 Å². The summed E-state index contributed by atoms with van der Waals surface area (Å²) >= 11 is 0. The van der Waals surface area contributed by atoms with Crippen LogP contribution in [0.25, 0.3) is 0 Å². The first-order valence-electron chi connectivity index (χ1n) is 6.47. The summed E-state index contributed by atoms with van der Waals surface area (Å²) in [4.78, 5) is 10.1. The fourth-order valence-electron chi connectivity index (χ4n) is 1.76. The summed E-state index contributed by atoms with van der Waals surface area (Å²) in [6, 6.07) is 0. The van der Waals surface area contributed by atoms with E-state index in [0.29, 0.717) is 0 Å². The van der Waals surface area contributed by atoms with Gasteiger partial charge in [0.2, 0.25) is 0 Å². The zero-order chi connectivity index (χ0) is 11.4. The molecule has 0 aromatic carbocycles. The van der Waals surface area contributed by atoms with Gasteiger partial charge in [-0.25, -0.2) is 0 Å². The fourth-order valence-corrected chi connectivity index (χ4v) is 1.76. The third kappa shape index (κ3) is 17.9. The van der Waals surface area contributed by atoms with E-state index < -0.39 is 5.97 Å². The van der Waals surface area contributed by atoms with Gasteiger partial charge in [-0.2, -0.15) is 0 Å². The number of aliphatic carboxylic acids is 1. The molecule has 0 atom stereocenters. The molecule has 0 aromatic rings. The quantitative estimate of drug-likeness (QED) is 0.496. The maximum absolute atomic E-state index is 10.1. The van der Waals surface area contributed by atoms with Crippen LogP contribution in [-0.2, 0) is 4.79 Å². The topological polar surface area (TPSA) is 40.1 Å². The maximum Gasteiger partial charge on any atom is 1.00 e. The first-order chi connectivity index (χ1) is 7.27. The molecule has 0 aliphatic rings. The van der Waals surface area contributed by atoms with Gasteiger partial charge in [0.1, 0.15) is 0 Å². The Morgan fingerprint density at radius 2 is 1.19 bits per heavy atom. The summed E-state index contributed by atoms with van der Waals surface area (Å²) in [6.07, 6.45) is 12.6. The molecule has 16 heavy (non-hydrogen) atoms. The summed E-state index contributed by atoms with van der Waals surface area (Å²) in [5.74, 6) is -0.908. The predicted molar refractivity (Wildman–Crippen MR) is 61.5 cm³/mol. The molecule has 2 nitrogen and oxygen atoms in total. The summed E-state index contributed by atoms with van der Waals surface area (Å²) in [7, 11) is 0. The second-order valence-electron chi connectivity index (χ2n) is 4.30. The van der Waals surface area contributed by atoms with Crippen LogP contribution >= 0.6 is 0 Å². The summed E-state index contributed by atoms with van der Waals surface area (Å²) in [6.45, 7) is 2.23. The van der Waals surface area contributed by atoms with Crippen molar-refractivity contribution in [2.45, 2.75) is 77.6 Å². The molecule has 0 amide bonds. The minimum absolute atomic E-state index is 0. The Hall–Kier alpha value is 1.52. The van der Waals surface area contributed by atoms with Crippen LogP contribution in [0.15, 0.2) is 0 Å². The van der Waals surface area contributed by atoms with Crippen LogP contribution < -0.4 is 74.0 Å². The van der Waals surface area contributed by atoms with E-state index >= 15 is 0 Å². The van der Waals surface area contributed by atoms with E-state index in [0.717, 1.165) is 12.8 Å². The fraction of sp³-hybridized carbons (Fsp3) is 0.923. The monoisotopic (exact) mass is 346 g/mol. The van der Waals surface area contributed by atoms with Gasteiger partial charge in [0, 0.05) is 5.97 Å². The maximum atomic E-state index is 10.1. The first kappa shape index (κ1) is 19.9. The molecule has 0 aliphatic carbocycles. The van der Waals surface area contributed by atoms with Crippen LogP contribution in [-0.4, -0.2) is 5.97 Å². The number of hydrogen-bond acceptors (Lipinski definition) is 2. The van der Waals surface area contributed by atoms with E-state index in [-0.39, 0.29) is 75.3 Å². The van der Waals surface area contributed by atoms with Crippen LogP contribution in [0, 0.1) is 0 Å². The zero-order valence-electron chi connectivity index (χ0n) is 11.1. The van der Waals surface area contributed by atoms with Gasteiger partial charge in [-0.15, -0.1) is 0 Å². The van der Waals surface area contributed by atoms with Crippen molar-refractivity contribution in [3.63, 3.8) is 0 Å². The minimum atomic E-state index is -0.908. The predicted octanol–water partition coefficient (Wildman–Crippen LogP) is 0.0513. The van der Waals surface area contributed by atoms with E-state index in [1.807, 2.05) is 0 Å². The van der Waals surface area contributed by atoms with Crippen LogP contribution in [0.4, 0.5) is 0 Å². The van der Waals surface area contributed by atoms with Crippen molar-refractivity contribution in [2.24, 2.45) is 0 Å². The minimum Gasteiger partial charge on any atom is -0.550 e. The van der Waals surface area contributed by atoms with Crippen LogP contribution in [0.3, 0.4) is 0 Å². The Labute approximate surface area is 159 Å². The molecule has 90 valence electrons. The molecular formula is C13H25CsO2. The third-order valence-corrected chi connectivity index (χ3v) is 2.73. The molecule has 0 rings (SSSR count). The van der Waals surface area contributed by atoms with E-state index in [9.17, 15) is 9.90 Å². The molecule has 0 fully saturated rings. The average Bonchev–Trinajstić information content (AvgIpc) is 2.20. The Kier molecular flexibility index (Phi) is 20.5. The number of unbranched alkanes of at least 4 members (excludes halogenated alkanes) is 9. The Bertz CT molecular complexity index is 149. The van der Waals surface area contributed by atoms with Gasteiger partial charge in [-0.3, -0.25) is 0 Å². The number of carbonyl (C=O) groups is 1. The van der Waals surface area contributed by atoms with Gasteiger partial charge < -0.3 is 9.90 Å². The summed E-state index contributed by atoms with van der Waals surface area (Å²) < 4.78 is 0. The van der Waals surface area contributed by atoms with Gasteiger partial charge in [-0.1, -0.05) is 64.7 Å². The second-order valence-corrected chi connectivity index (χ2v) is 4.30. The Balaban J connectivity index is 0. The molecule has 3 heteroatoms. The molecule has 0 spiro atoms. The van der Waals surface area contributed by atoms with Crippen LogP contribution in [0.5, 0.6) is 0 Å². The van der Waals surface area contributed by atoms with E-state index in [1.165, 1.54) is 51.4 Å². The molecule has 0 aliphatic heterocycles. The van der Waals surface area contributed by atoms with Crippen molar-refractivity contribution < 1.29 is 78.8 Å². The van der Waals surface area contributed by atoms with Gasteiger partial charge >= 0.3 is 68.9 Å². The van der Waals surface area contributed by atoms with Gasteiger partial charge in [0.05, 0.1) is 0 Å². The number of carbonyl (C=O) groups excluding carboxylic acids is 1. The van der Waals surface area contributed by atoms with Crippen molar-refractivity contribution in [1.29, 1.82) is 0 Å². The molecular weight excluding hydrogens is 321 g/mol. The first-order valence-corrected chi connectivity index (χ1v) is 6.47. The number of hydrogen-bond donors (Lipinski definition) is 0. The summed E-state index contributed by atoms with van der Waals surface area (Å²) in [5.41, 5.74) is 0. The van der Waals surface area contributed by atoms with E-state index in [4.69, 9.17) is 0 Å². The van der Waals surface area contributed by atoms with Gasteiger partial charge in [0.25, 0.3) is 0 Å². The van der Waals surface area contributed by atoms with Gasteiger partial charge in [-0.05, 0) is 12.8 Å². The van der Waals surface area contributed by atoms with Crippen molar-refractivity contribution in [2.75, 3.05) is 0 Å². The van der Waals surface area contributed by atoms with E-state index in [1.54, 1.807) is 0 Å².